The van der Waals surface area contributed by atoms with E-state index in [4.69, 9.17) is 0 Å². The fourth-order valence-corrected chi connectivity index (χ4v) is 2.16. The van der Waals surface area contributed by atoms with Gasteiger partial charge in [0.2, 0.25) is 0 Å². The summed E-state index contributed by atoms with van der Waals surface area (Å²) < 4.78 is 0. The van der Waals surface area contributed by atoms with Gasteiger partial charge in [0.15, 0.2) is 0 Å². The van der Waals surface area contributed by atoms with E-state index < -0.39 is 0 Å². The molecule has 1 aliphatic rings. The molecule has 3 heteroatoms. The van der Waals surface area contributed by atoms with E-state index in [1.807, 2.05) is 12.2 Å². The number of aryl methyl sites for hydroxylation is 2. The summed E-state index contributed by atoms with van der Waals surface area (Å²) in [6.45, 7) is 6.60. The number of hydrogen-bond donors (Lipinski definition) is 0. The summed E-state index contributed by atoms with van der Waals surface area (Å²) in [7, 11) is 0. The van der Waals surface area contributed by atoms with Gasteiger partial charge in [0.1, 0.15) is 0 Å². The molecule has 0 saturated carbocycles. The average Bonchev–Trinajstić information content (AvgIpc) is 3.00. The van der Waals surface area contributed by atoms with Crippen molar-refractivity contribution in [2.24, 2.45) is 0 Å². The van der Waals surface area contributed by atoms with E-state index in [9.17, 15) is 0 Å². The van der Waals surface area contributed by atoms with Gasteiger partial charge in [0.25, 0.3) is 0 Å². The van der Waals surface area contributed by atoms with Gasteiger partial charge in [-0.3, -0.25) is 6.08 Å². The third kappa shape index (κ3) is 4.95. The predicted molar refractivity (Wildman–Crippen MR) is 89.8 cm³/mol. The van der Waals surface area contributed by atoms with Crippen LogP contribution in [0.15, 0.2) is 42.5 Å². The van der Waals surface area contributed by atoms with Gasteiger partial charge in [-0.25, -0.2) is 12.2 Å². The van der Waals surface area contributed by atoms with Crippen LogP contribution >= 0.6 is 24.8 Å². The van der Waals surface area contributed by atoms with Crippen molar-refractivity contribution < 1.29 is 26.2 Å². The summed E-state index contributed by atoms with van der Waals surface area (Å²) in [5.41, 5.74) is 4.31. The molecule has 0 amide bonds. The van der Waals surface area contributed by atoms with Crippen molar-refractivity contribution in [1.82, 2.24) is 0 Å². The van der Waals surface area contributed by atoms with E-state index in [2.05, 4.69) is 57.2 Å². The van der Waals surface area contributed by atoms with Gasteiger partial charge in [-0.2, -0.15) is 11.6 Å². The van der Waals surface area contributed by atoms with Gasteiger partial charge >= 0.3 is 26.2 Å². The SMILES string of the molecule is Cc1c(C)[c-](C)c2ccccc12.Cl.Cl.[C-]1=CC=CC1.[Zr+2]. The zero-order chi connectivity index (χ0) is 12.3. The van der Waals surface area contributed by atoms with Crippen molar-refractivity contribution in [2.75, 3.05) is 0 Å². The standard InChI is InChI=1S/C12H13.C5H5.2ClH.Zr/c1-8-9(2)11-6-4-5-7-12(11)10(8)3;1-2-4-5-3-1;;;/h4-7H,1-3H3;1-3H,4H2;2*1H;/q2*-1;;;+2. The Hall–Kier alpha value is -0.227. The van der Waals surface area contributed by atoms with Crippen molar-refractivity contribution in [1.29, 1.82) is 0 Å². The summed E-state index contributed by atoms with van der Waals surface area (Å²) >= 11 is 0. The molecule has 0 N–H and O–H groups in total. The zero-order valence-electron chi connectivity index (χ0n) is 12.1. The molecule has 0 saturated heterocycles. The van der Waals surface area contributed by atoms with Crippen molar-refractivity contribution in [3.8, 4) is 0 Å². The number of rotatable bonds is 0. The Bertz CT molecular complexity index is 531. The Labute approximate surface area is 153 Å². The number of allylic oxidation sites excluding steroid dienone is 4. The molecule has 1 aliphatic carbocycles. The van der Waals surface area contributed by atoms with Crippen LogP contribution in [0.3, 0.4) is 0 Å². The molecule has 0 aromatic heterocycles. The monoisotopic (exact) mass is 384 g/mol. The first-order chi connectivity index (χ1) is 8.22. The van der Waals surface area contributed by atoms with E-state index in [1.165, 1.54) is 27.5 Å². The second-order valence-corrected chi connectivity index (χ2v) is 4.42. The van der Waals surface area contributed by atoms with Crippen LogP contribution in [0.5, 0.6) is 0 Å². The summed E-state index contributed by atoms with van der Waals surface area (Å²) in [4.78, 5) is 0. The Morgan fingerprint density at radius 3 is 2.20 bits per heavy atom. The number of benzene rings is 1. The topological polar surface area (TPSA) is 0 Å². The Kier molecular flexibility index (Phi) is 11.6. The third-order valence-corrected chi connectivity index (χ3v) is 3.45. The normalized spacial score (nSPS) is 10.9. The molecule has 0 bridgehead atoms. The van der Waals surface area contributed by atoms with E-state index >= 15 is 0 Å². The van der Waals surface area contributed by atoms with Crippen LogP contribution in [-0.2, 0) is 26.2 Å². The first-order valence-corrected chi connectivity index (χ1v) is 6.04. The van der Waals surface area contributed by atoms with Gasteiger partial charge in [0, 0.05) is 0 Å². The number of fused-ring (bicyclic) bond motifs is 1. The molecule has 106 valence electrons. The van der Waals surface area contributed by atoms with E-state index in [0.717, 1.165) is 6.42 Å². The Balaban J connectivity index is 0. The molecule has 0 aliphatic heterocycles. The second kappa shape index (κ2) is 10.5. The van der Waals surface area contributed by atoms with Crippen molar-refractivity contribution >= 4 is 35.6 Å². The Morgan fingerprint density at radius 1 is 1.10 bits per heavy atom. The maximum Gasteiger partial charge on any atom is 2.00 e. The molecule has 0 spiro atoms. The van der Waals surface area contributed by atoms with Crippen LogP contribution in [0.4, 0.5) is 0 Å². The molecular formula is C17H20Cl2Zr. The van der Waals surface area contributed by atoms with Gasteiger partial charge in [0.05, 0.1) is 0 Å². The van der Waals surface area contributed by atoms with Crippen LogP contribution < -0.4 is 0 Å². The van der Waals surface area contributed by atoms with Crippen LogP contribution in [0.2, 0.25) is 0 Å². The van der Waals surface area contributed by atoms with E-state index in [-0.39, 0.29) is 51.0 Å². The number of halogens is 2. The van der Waals surface area contributed by atoms with Gasteiger partial charge in [-0.1, -0.05) is 26.8 Å². The summed E-state index contributed by atoms with van der Waals surface area (Å²) in [5, 5.41) is 2.82. The fourth-order valence-electron chi connectivity index (χ4n) is 2.16. The van der Waals surface area contributed by atoms with Crippen molar-refractivity contribution in [3.05, 3.63) is 65.3 Å². The minimum Gasteiger partial charge on any atom is -0.273 e. The first-order valence-electron chi connectivity index (χ1n) is 6.04. The average molecular weight is 386 g/mol. The largest absolute Gasteiger partial charge is 2.00 e. The van der Waals surface area contributed by atoms with Gasteiger partial charge in [-0.15, -0.1) is 71.3 Å². The molecule has 3 rings (SSSR count). The predicted octanol–water partition coefficient (Wildman–Crippen LogP) is 5.63. The first kappa shape index (κ1) is 22.1. The smallest absolute Gasteiger partial charge is 0.273 e. The maximum absolute atomic E-state index is 2.99. The van der Waals surface area contributed by atoms with E-state index in [0.29, 0.717) is 0 Å². The zero-order valence-corrected chi connectivity index (χ0v) is 16.2. The molecule has 20 heavy (non-hydrogen) atoms. The minimum atomic E-state index is 0. The third-order valence-electron chi connectivity index (χ3n) is 3.45. The summed E-state index contributed by atoms with van der Waals surface area (Å²) in [6.07, 6.45) is 10.0. The summed E-state index contributed by atoms with van der Waals surface area (Å²) in [6, 6.07) is 8.61. The molecular weight excluding hydrogens is 366 g/mol. The van der Waals surface area contributed by atoms with Crippen LogP contribution in [0, 0.1) is 26.8 Å². The maximum atomic E-state index is 2.99. The molecule has 0 heterocycles. The molecule has 2 aromatic rings. The Morgan fingerprint density at radius 2 is 1.75 bits per heavy atom. The minimum absolute atomic E-state index is 0. The molecule has 0 atom stereocenters. The van der Waals surface area contributed by atoms with E-state index in [1.54, 1.807) is 0 Å². The van der Waals surface area contributed by atoms with Crippen LogP contribution in [0.1, 0.15) is 23.1 Å². The number of hydrogen-bond acceptors (Lipinski definition) is 0. The molecule has 0 unspecified atom stereocenters. The summed E-state index contributed by atoms with van der Waals surface area (Å²) in [5.74, 6) is 0. The van der Waals surface area contributed by atoms with Gasteiger partial charge < -0.3 is 0 Å². The fraction of sp³-hybridized carbons (Fsp3) is 0.235. The van der Waals surface area contributed by atoms with Crippen molar-refractivity contribution in [2.45, 2.75) is 27.2 Å². The van der Waals surface area contributed by atoms with Crippen molar-refractivity contribution in [3.63, 3.8) is 0 Å². The quantitative estimate of drug-likeness (QED) is 0.515. The second-order valence-electron chi connectivity index (χ2n) is 4.42. The molecule has 2 aromatic carbocycles. The van der Waals surface area contributed by atoms with Crippen LogP contribution in [0.25, 0.3) is 10.8 Å². The van der Waals surface area contributed by atoms with Gasteiger partial charge in [-0.05, 0) is 0 Å². The molecule has 0 fully saturated rings. The molecule has 0 radical (unpaired) electrons. The van der Waals surface area contributed by atoms with Crippen LogP contribution in [-0.4, -0.2) is 0 Å². The molecule has 0 nitrogen and oxygen atoms in total.